The molecule has 0 saturated carbocycles. The third-order valence-corrected chi connectivity index (χ3v) is 4.50. The van der Waals surface area contributed by atoms with Crippen LogP contribution in [-0.2, 0) is 4.79 Å². The van der Waals surface area contributed by atoms with Crippen LogP contribution in [0.15, 0.2) is 54.6 Å². The number of nitrogens with two attached hydrogens (primary N) is 1. The van der Waals surface area contributed by atoms with Gasteiger partial charge in [0.25, 0.3) is 5.91 Å². The van der Waals surface area contributed by atoms with Crippen LogP contribution in [0, 0.1) is 0 Å². The van der Waals surface area contributed by atoms with Crippen molar-refractivity contribution < 1.29 is 9.59 Å². The van der Waals surface area contributed by atoms with Gasteiger partial charge in [0, 0.05) is 36.1 Å². The normalized spacial score (nSPS) is 15.4. The molecule has 6 nitrogen and oxygen atoms in total. The third kappa shape index (κ3) is 5.07. The number of hydrogen-bond donors (Lipinski definition) is 3. The number of hydrogen-bond acceptors (Lipinski definition) is 4. The van der Waals surface area contributed by atoms with E-state index in [1.54, 1.807) is 24.3 Å². The van der Waals surface area contributed by atoms with Gasteiger partial charge in [-0.05, 0) is 43.2 Å². The van der Waals surface area contributed by atoms with E-state index in [9.17, 15) is 9.59 Å². The molecule has 0 spiro atoms. The van der Waals surface area contributed by atoms with Gasteiger partial charge >= 0.3 is 0 Å². The molecule has 1 fully saturated rings. The molecule has 26 heavy (non-hydrogen) atoms. The summed E-state index contributed by atoms with van der Waals surface area (Å²) in [6, 6.07) is 16.5. The summed E-state index contributed by atoms with van der Waals surface area (Å²) < 4.78 is 0. The van der Waals surface area contributed by atoms with Crippen LogP contribution in [0.25, 0.3) is 0 Å². The van der Waals surface area contributed by atoms with Crippen LogP contribution in [0.1, 0.15) is 23.2 Å². The predicted octanol–water partition coefficient (Wildman–Crippen LogP) is 2.10. The number of piperidine rings is 1. The van der Waals surface area contributed by atoms with Crippen molar-refractivity contribution in [2.75, 3.05) is 30.7 Å². The number of benzene rings is 2. The predicted molar refractivity (Wildman–Crippen MR) is 103 cm³/mol. The summed E-state index contributed by atoms with van der Waals surface area (Å²) in [6.07, 6.45) is 1.65. The van der Waals surface area contributed by atoms with Gasteiger partial charge in [-0.25, -0.2) is 0 Å². The van der Waals surface area contributed by atoms with E-state index >= 15 is 0 Å². The smallest absolute Gasteiger partial charge is 0.251 e. The zero-order chi connectivity index (χ0) is 18.4. The van der Waals surface area contributed by atoms with Crippen molar-refractivity contribution in [2.24, 2.45) is 0 Å². The van der Waals surface area contributed by atoms with Crippen LogP contribution in [0.5, 0.6) is 0 Å². The Morgan fingerprint density at radius 3 is 2.46 bits per heavy atom. The molecule has 6 heteroatoms. The fourth-order valence-electron chi connectivity index (χ4n) is 3.11. The van der Waals surface area contributed by atoms with Gasteiger partial charge in [-0.15, -0.1) is 0 Å². The molecule has 136 valence electrons. The van der Waals surface area contributed by atoms with E-state index in [4.69, 9.17) is 5.73 Å². The zero-order valence-corrected chi connectivity index (χ0v) is 14.7. The Hall–Kier alpha value is -2.86. The Labute approximate surface area is 153 Å². The molecule has 0 bridgehead atoms. The molecule has 3 rings (SSSR count). The number of likely N-dealkylation sites (tertiary alicyclic amines) is 1. The number of carbonyl (C=O) groups is 2. The highest BCUT2D eigenvalue weighted by molar-refractivity contribution is 5.95. The average Bonchev–Trinajstić information content (AvgIpc) is 2.64. The molecule has 0 radical (unpaired) electrons. The lowest BCUT2D eigenvalue weighted by Crippen LogP contribution is -2.46. The first-order valence-corrected chi connectivity index (χ1v) is 8.84. The summed E-state index contributed by atoms with van der Waals surface area (Å²) in [4.78, 5) is 26.5. The Morgan fingerprint density at radius 2 is 1.77 bits per heavy atom. The molecule has 0 unspecified atom stereocenters. The molecule has 0 aromatic heterocycles. The maximum absolute atomic E-state index is 12.3. The number of carbonyl (C=O) groups excluding carboxylic acids is 2. The quantitative estimate of drug-likeness (QED) is 0.719. The highest BCUT2D eigenvalue weighted by Gasteiger charge is 2.22. The average molecular weight is 352 g/mol. The summed E-state index contributed by atoms with van der Waals surface area (Å²) in [5.41, 5.74) is 7.69. The van der Waals surface area contributed by atoms with E-state index in [1.807, 2.05) is 30.3 Å². The van der Waals surface area contributed by atoms with Crippen LogP contribution >= 0.6 is 0 Å². The van der Waals surface area contributed by atoms with Crippen molar-refractivity contribution in [2.45, 2.75) is 18.9 Å². The van der Waals surface area contributed by atoms with Gasteiger partial charge in [0.15, 0.2) is 0 Å². The van der Waals surface area contributed by atoms with Gasteiger partial charge in [0.2, 0.25) is 5.91 Å². The maximum atomic E-state index is 12.3. The second-order valence-electron chi connectivity index (χ2n) is 6.56. The van der Waals surface area contributed by atoms with E-state index in [0.717, 1.165) is 31.6 Å². The van der Waals surface area contributed by atoms with Crippen LogP contribution in [0.3, 0.4) is 0 Å². The highest BCUT2D eigenvalue weighted by Crippen LogP contribution is 2.13. The van der Waals surface area contributed by atoms with Crippen LogP contribution < -0.4 is 16.4 Å². The fourth-order valence-corrected chi connectivity index (χ4v) is 3.11. The van der Waals surface area contributed by atoms with Gasteiger partial charge in [-0.1, -0.05) is 24.3 Å². The van der Waals surface area contributed by atoms with Crippen molar-refractivity contribution in [1.29, 1.82) is 0 Å². The van der Waals surface area contributed by atoms with Gasteiger partial charge < -0.3 is 16.4 Å². The minimum absolute atomic E-state index is 0.0153. The minimum atomic E-state index is -0.0995. The summed E-state index contributed by atoms with van der Waals surface area (Å²) >= 11 is 0. The molecule has 1 aliphatic rings. The topological polar surface area (TPSA) is 87.5 Å². The molecule has 0 aliphatic carbocycles. The van der Waals surface area contributed by atoms with Gasteiger partial charge in [-0.3, -0.25) is 14.5 Å². The largest absolute Gasteiger partial charge is 0.399 e. The first-order chi connectivity index (χ1) is 12.6. The van der Waals surface area contributed by atoms with Crippen molar-refractivity contribution in [3.05, 3.63) is 60.2 Å². The van der Waals surface area contributed by atoms with Gasteiger partial charge in [0.1, 0.15) is 0 Å². The number of anilines is 2. The number of amides is 2. The standard InChI is InChI=1S/C20H24N4O2/c21-16-6-4-5-15(13-16)20(26)23-18-9-11-24(12-10-18)14-19(25)22-17-7-2-1-3-8-17/h1-8,13,18H,9-12,14,21H2,(H,22,25)(H,23,26). The molecule has 1 aliphatic heterocycles. The van der Waals surface area contributed by atoms with Crippen molar-refractivity contribution in [3.63, 3.8) is 0 Å². The van der Waals surface area contributed by atoms with E-state index in [2.05, 4.69) is 15.5 Å². The summed E-state index contributed by atoms with van der Waals surface area (Å²) in [6.45, 7) is 1.93. The number of rotatable bonds is 5. The monoisotopic (exact) mass is 352 g/mol. The first-order valence-electron chi connectivity index (χ1n) is 8.84. The number of nitrogens with zero attached hydrogens (tertiary/aromatic N) is 1. The maximum Gasteiger partial charge on any atom is 0.251 e. The number of nitrogen functional groups attached to an aromatic ring is 1. The highest BCUT2D eigenvalue weighted by atomic mass is 16.2. The van der Waals surface area contributed by atoms with Crippen LogP contribution in [0.4, 0.5) is 11.4 Å². The lowest BCUT2D eigenvalue weighted by atomic mass is 10.0. The second-order valence-corrected chi connectivity index (χ2v) is 6.56. The van der Waals surface area contributed by atoms with E-state index in [-0.39, 0.29) is 17.9 Å². The van der Waals surface area contributed by atoms with Crippen LogP contribution in [0.2, 0.25) is 0 Å². The molecule has 1 saturated heterocycles. The van der Waals surface area contributed by atoms with E-state index in [1.165, 1.54) is 0 Å². The molecule has 2 amide bonds. The molecule has 4 N–H and O–H groups in total. The van der Waals surface area contributed by atoms with Crippen molar-refractivity contribution >= 4 is 23.2 Å². The first kappa shape index (κ1) is 17.9. The van der Waals surface area contributed by atoms with Crippen LogP contribution in [-0.4, -0.2) is 42.4 Å². The summed E-state index contributed by atoms with van der Waals surface area (Å²) in [5.74, 6) is -0.115. The lowest BCUT2D eigenvalue weighted by molar-refractivity contribution is -0.117. The molecule has 2 aromatic carbocycles. The Bertz CT molecular complexity index is 755. The van der Waals surface area contributed by atoms with Crippen molar-refractivity contribution in [1.82, 2.24) is 10.2 Å². The Kier molecular flexibility index (Phi) is 5.86. The second kappa shape index (κ2) is 8.49. The summed E-state index contributed by atoms with van der Waals surface area (Å²) in [5, 5.41) is 5.95. The Balaban J connectivity index is 1.42. The van der Waals surface area contributed by atoms with E-state index in [0.29, 0.717) is 17.8 Å². The SMILES string of the molecule is Nc1cccc(C(=O)NC2CCN(CC(=O)Nc3ccccc3)CC2)c1. The third-order valence-electron chi connectivity index (χ3n) is 4.50. The van der Waals surface area contributed by atoms with E-state index < -0.39 is 0 Å². The van der Waals surface area contributed by atoms with Crippen molar-refractivity contribution in [3.8, 4) is 0 Å². The molecular weight excluding hydrogens is 328 g/mol. The minimum Gasteiger partial charge on any atom is -0.399 e. The molecule has 2 aromatic rings. The molecule has 1 heterocycles. The molecular formula is C20H24N4O2. The zero-order valence-electron chi connectivity index (χ0n) is 14.7. The fraction of sp³-hybridized carbons (Fsp3) is 0.300. The Morgan fingerprint density at radius 1 is 1.04 bits per heavy atom. The molecule has 0 atom stereocenters. The van der Waals surface area contributed by atoms with Gasteiger partial charge in [0.05, 0.1) is 6.54 Å². The lowest BCUT2D eigenvalue weighted by Gasteiger charge is -2.31. The van der Waals surface area contributed by atoms with Gasteiger partial charge in [-0.2, -0.15) is 0 Å². The summed E-state index contributed by atoms with van der Waals surface area (Å²) in [7, 11) is 0. The number of para-hydroxylation sites is 1. The number of nitrogens with one attached hydrogen (secondary N) is 2.